The monoisotopic (exact) mass is 124 g/mol. The van der Waals surface area contributed by atoms with Gasteiger partial charge in [-0.2, -0.15) is 0 Å². The van der Waals surface area contributed by atoms with Gasteiger partial charge in [0.15, 0.2) is 0 Å². The van der Waals surface area contributed by atoms with E-state index >= 15 is 0 Å². The third-order valence-electron chi connectivity index (χ3n) is 1.73. The molecule has 0 nitrogen and oxygen atoms in total. The summed E-state index contributed by atoms with van der Waals surface area (Å²) in [5.41, 5.74) is 0. The summed E-state index contributed by atoms with van der Waals surface area (Å²) in [6.07, 6.45) is 6.06. The highest BCUT2D eigenvalue weighted by atomic mass is 14.0. The summed E-state index contributed by atoms with van der Waals surface area (Å²) in [7, 11) is 5.54. The quantitative estimate of drug-likeness (QED) is 0.494. The van der Waals surface area contributed by atoms with Gasteiger partial charge in [0, 0.05) is 0 Å². The molecule has 0 fully saturated rings. The maximum Gasteiger partial charge on any atom is 0.0656 e. The second-order valence-corrected chi connectivity index (χ2v) is 2.68. The van der Waals surface area contributed by atoms with Crippen LogP contribution in [0.1, 0.15) is 39.5 Å². The summed E-state index contributed by atoms with van der Waals surface area (Å²) >= 11 is 0. The maximum absolute atomic E-state index is 5.54. The van der Waals surface area contributed by atoms with Crippen LogP contribution in [0.5, 0.6) is 0 Å². The first-order valence-corrected chi connectivity index (χ1v) is 4.05. The van der Waals surface area contributed by atoms with Crippen molar-refractivity contribution in [3.05, 3.63) is 0 Å². The van der Waals surface area contributed by atoms with Gasteiger partial charge in [-0.1, -0.05) is 45.9 Å². The molecule has 52 valence electrons. The van der Waals surface area contributed by atoms with Crippen molar-refractivity contribution in [3.63, 3.8) is 0 Å². The van der Waals surface area contributed by atoms with Gasteiger partial charge in [0.05, 0.1) is 7.85 Å². The number of rotatable bonds is 5. The summed E-state index contributed by atoms with van der Waals surface area (Å²) in [6.45, 7) is 4.44. The van der Waals surface area contributed by atoms with Crippen molar-refractivity contribution in [2.24, 2.45) is 5.92 Å². The molecule has 0 saturated carbocycles. The Morgan fingerprint density at radius 2 is 1.56 bits per heavy atom. The Labute approximate surface area is 60.4 Å². The Balaban J connectivity index is 3.18. The van der Waals surface area contributed by atoms with E-state index in [-0.39, 0.29) is 0 Å². The standard InChI is InChI=1S/C8H17B/c1-3-5-8(7-9)6-4-2/h8H,3-7H2,1-2H3. The molecule has 0 unspecified atom stereocenters. The van der Waals surface area contributed by atoms with Crippen LogP contribution in [0.15, 0.2) is 0 Å². The molecule has 0 rings (SSSR count). The summed E-state index contributed by atoms with van der Waals surface area (Å²) in [4.78, 5) is 0. The van der Waals surface area contributed by atoms with Crippen LogP contribution in [-0.2, 0) is 0 Å². The minimum absolute atomic E-state index is 0.792. The first-order valence-electron chi connectivity index (χ1n) is 4.05. The van der Waals surface area contributed by atoms with E-state index in [1.807, 2.05) is 0 Å². The van der Waals surface area contributed by atoms with Crippen molar-refractivity contribution >= 4 is 7.85 Å². The summed E-state index contributed by atoms with van der Waals surface area (Å²) in [5, 5.41) is 0. The third-order valence-corrected chi connectivity index (χ3v) is 1.73. The fraction of sp³-hybridized carbons (Fsp3) is 1.00. The van der Waals surface area contributed by atoms with Gasteiger partial charge < -0.3 is 0 Å². The SMILES string of the molecule is [B]CC(CCC)CCC. The van der Waals surface area contributed by atoms with Gasteiger partial charge in [0.25, 0.3) is 0 Å². The van der Waals surface area contributed by atoms with Crippen LogP contribution in [0.4, 0.5) is 0 Å². The average molecular weight is 124 g/mol. The normalized spacial score (nSPS) is 10.6. The van der Waals surface area contributed by atoms with Gasteiger partial charge in [-0.15, -0.1) is 0 Å². The molecule has 0 aliphatic rings. The Kier molecular flexibility index (Phi) is 6.23. The molecule has 0 N–H and O–H groups in total. The molecule has 0 aliphatic carbocycles. The molecular weight excluding hydrogens is 107 g/mol. The lowest BCUT2D eigenvalue weighted by atomic mass is 9.85. The van der Waals surface area contributed by atoms with Gasteiger partial charge in [-0.3, -0.25) is 0 Å². The molecule has 0 atom stereocenters. The zero-order valence-corrected chi connectivity index (χ0v) is 6.69. The molecule has 0 spiro atoms. The van der Waals surface area contributed by atoms with Crippen LogP contribution in [0.3, 0.4) is 0 Å². The van der Waals surface area contributed by atoms with Crippen molar-refractivity contribution in [2.75, 3.05) is 0 Å². The van der Waals surface area contributed by atoms with Crippen LogP contribution in [-0.4, -0.2) is 7.85 Å². The van der Waals surface area contributed by atoms with Gasteiger partial charge in [-0.25, -0.2) is 0 Å². The van der Waals surface area contributed by atoms with Crippen molar-refractivity contribution in [2.45, 2.75) is 45.9 Å². The highest BCUT2D eigenvalue weighted by Crippen LogP contribution is 2.15. The van der Waals surface area contributed by atoms with Crippen molar-refractivity contribution in [3.8, 4) is 0 Å². The second-order valence-electron chi connectivity index (χ2n) is 2.68. The molecule has 0 aromatic rings. The van der Waals surface area contributed by atoms with E-state index < -0.39 is 0 Å². The van der Waals surface area contributed by atoms with E-state index in [1.54, 1.807) is 0 Å². The maximum atomic E-state index is 5.54. The minimum atomic E-state index is 0.792. The predicted molar refractivity (Wildman–Crippen MR) is 43.9 cm³/mol. The van der Waals surface area contributed by atoms with Crippen LogP contribution in [0.25, 0.3) is 0 Å². The van der Waals surface area contributed by atoms with E-state index in [1.165, 1.54) is 25.7 Å². The molecule has 1 heteroatoms. The molecule has 0 bridgehead atoms. The van der Waals surface area contributed by atoms with E-state index in [0.717, 1.165) is 12.2 Å². The molecule has 0 aromatic carbocycles. The van der Waals surface area contributed by atoms with Gasteiger partial charge in [0.2, 0.25) is 0 Å². The van der Waals surface area contributed by atoms with Crippen LogP contribution >= 0.6 is 0 Å². The zero-order valence-electron chi connectivity index (χ0n) is 6.69. The summed E-state index contributed by atoms with van der Waals surface area (Å²) < 4.78 is 0. The first kappa shape index (κ1) is 9.06. The molecule has 0 heterocycles. The van der Waals surface area contributed by atoms with Crippen LogP contribution in [0.2, 0.25) is 6.32 Å². The van der Waals surface area contributed by atoms with Gasteiger partial charge in [0.1, 0.15) is 0 Å². The zero-order chi connectivity index (χ0) is 7.11. The average Bonchev–Trinajstić information content (AvgIpc) is 1.88. The first-order chi connectivity index (χ1) is 4.35. The Morgan fingerprint density at radius 3 is 1.78 bits per heavy atom. The van der Waals surface area contributed by atoms with Gasteiger partial charge in [-0.05, 0) is 5.92 Å². The topological polar surface area (TPSA) is 0 Å². The van der Waals surface area contributed by atoms with Crippen molar-refractivity contribution in [1.29, 1.82) is 0 Å². The fourth-order valence-electron chi connectivity index (χ4n) is 1.20. The van der Waals surface area contributed by atoms with E-state index in [4.69, 9.17) is 7.85 Å². The molecule has 0 aliphatic heterocycles. The predicted octanol–water partition coefficient (Wildman–Crippen LogP) is 2.79. The molecule has 2 radical (unpaired) electrons. The summed E-state index contributed by atoms with van der Waals surface area (Å²) in [6, 6.07) is 0. The Morgan fingerprint density at radius 1 is 1.11 bits per heavy atom. The van der Waals surface area contributed by atoms with E-state index in [0.29, 0.717) is 0 Å². The highest BCUT2D eigenvalue weighted by molar-refractivity contribution is 6.08. The van der Waals surface area contributed by atoms with Crippen LogP contribution in [0, 0.1) is 5.92 Å². The lowest BCUT2D eigenvalue weighted by Crippen LogP contribution is -1.97. The van der Waals surface area contributed by atoms with Crippen LogP contribution < -0.4 is 0 Å². The van der Waals surface area contributed by atoms with Crippen molar-refractivity contribution in [1.82, 2.24) is 0 Å². The minimum Gasteiger partial charge on any atom is -0.0859 e. The third kappa shape index (κ3) is 4.56. The fourth-order valence-corrected chi connectivity index (χ4v) is 1.20. The molecule has 0 saturated heterocycles. The molecule has 0 aromatic heterocycles. The smallest absolute Gasteiger partial charge is 0.0656 e. The lowest BCUT2D eigenvalue weighted by molar-refractivity contribution is 0.480. The lowest BCUT2D eigenvalue weighted by Gasteiger charge is -2.10. The Bertz CT molecular complexity index is 46.5. The Hall–Kier alpha value is 0.0649. The van der Waals surface area contributed by atoms with Crippen molar-refractivity contribution < 1.29 is 0 Å². The molecular formula is C8H17B. The number of hydrogen-bond acceptors (Lipinski definition) is 0. The highest BCUT2D eigenvalue weighted by Gasteiger charge is 2.00. The second kappa shape index (κ2) is 6.19. The molecule has 0 amide bonds. The van der Waals surface area contributed by atoms with E-state index in [9.17, 15) is 0 Å². The van der Waals surface area contributed by atoms with E-state index in [2.05, 4.69) is 13.8 Å². The van der Waals surface area contributed by atoms with Gasteiger partial charge >= 0.3 is 0 Å². The number of hydrogen-bond donors (Lipinski definition) is 0. The summed E-state index contributed by atoms with van der Waals surface area (Å²) in [5.74, 6) is 0.792. The molecule has 9 heavy (non-hydrogen) atoms. The largest absolute Gasteiger partial charge is 0.0859 e.